The molecule has 0 radical (unpaired) electrons. The SMILES string of the molecule is CC(C)CN(CC(C)C)C(=S)[S-].CC(C)CN(CC(C)C)C(=S)[S-].[Fe+2]. The third-order valence-electron chi connectivity index (χ3n) is 2.86. The summed E-state index contributed by atoms with van der Waals surface area (Å²) in [7, 11) is 0. The van der Waals surface area contributed by atoms with Gasteiger partial charge in [0.05, 0.1) is 0 Å². The van der Waals surface area contributed by atoms with E-state index in [4.69, 9.17) is 49.7 Å². The summed E-state index contributed by atoms with van der Waals surface area (Å²) in [6, 6.07) is 0. The van der Waals surface area contributed by atoms with Gasteiger partial charge in [0, 0.05) is 26.2 Å². The Hall–Kier alpha value is 0.739. The Labute approximate surface area is 189 Å². The molecule has 7 heteroatoms. The molecule has 0 aliphatic heterocycles. The molecule has 0 aromatic rings. The largest absolute Gasteiger partial charge is 2.00 e. The zero-order valence-corrected chi connectivity index (χ0v) is 21.4. The summed E-state index contributed by atoms with van der Waals surface area (Å²) in [5.41, 5.74) is 0. The van der Waals surface area contributed by atoms with Gasteiger partial charge in [0.2, 0.25) is 0 Å². The van der Waals surface area contributed by atoms with Crippen LogP contribution in [0.3, 0.4) is 0 Å². The van der Waals surface area contributed by atoms with Crippen LogP contribution in [0.25, 0.3) is 0 Å². The maximum absolute atomic E-state index is 4.99. The Balaban J connectivity index is -0.000000372. The summed E-state index contributed by atoms with van der Waals surface area (Å²) in [5, 5.41) is 0. The van der Waals surface area contributed by atoms with E-state index in [0.717, 1.165) is 26.2 Å². The quantitative estimate of drug-likeness (QED) is 0.285. The van der Waals surface area contributed by atoms with Crippen molar-refractivity contribution < 1.29 is 17.1 Å². The molecule has 0 heterocycles. The van der Waals surface area contributed by atoms with Crippen molar-refractivity contribution in [3.05, 3.63) is 0 Å². The van der Waals surface area contributed by atoms with Crippen molar-refractivity contribution in [1.29, 1.82) is 0 Å². The van der Waals surface area contributed by atoms with Crippen molar-refractivity contribution in [2.75, 3.05) is 26.2 Å². The van der Waals surface area contributed by atoms with E-state index in [9.17, 15) is 0 Å². The Kier molecular flexibility index (Phi) is 20.6. The average Bonchev–Trinajstić information content (AvgIpc) is 2.35. The molecule has 0 amide bonds. The second kappa shape index (κ2) is 16.9. The number of nitrogens with zero attached hydrogens (tertiary/aromatic N) is 2. The summed E-state index contributed by atoms with van der Waals surface area (Å²) in [6.07, 6.45) is 0. The first-order valence-corrected chi connectivity index (χ1v) is 10.4. The second-order valence-corrected chi connectivity index (χ2v) is 9.98. The molecule has 0 atom stereocenters. The summed E-state index contributed by atoms with van der Waals surface area (Å²) < 4.78 is 1.22. The van der Waals surface area contributed by atoms with Crippen LogP contribution in [0.5, 0.6) is 0 Å². The van der Waals surface area contributed by atoms with Crippen molar-refractivity contribution in [2.24, 2.45) is 23.7 Å². The van der Waals surface area contributed by atoms with Gasteiger partial charge in [-0.1, -0.05) is 64.0 Å². The minimum Gasteiger partial charge on any atom is -0.411 e. The van der Waals surface area contributed by atoms with Crippen LogP contribution in [0.1, 0.15) is 55.4 Å². The molecule has 0 fully saturated rings. The summed E-state index contributed by atoms with van der Waals surface area (Å²) >= 11 is 20.0. The van der Waals surface area contributed by atoms with E-state index < -0.39 is 0 Å². The third-order valence-corrected chi connectivity index (χ3v) is 3.89. The Morgan fingerprint density at radius 2 is 0.760 bits per heavy atom. The van der Waals surface area contributed by atoms with Gasteiger partial charge in [-0.25, -0.2) is 0 Å². The minimum atomic E-state index is 0. The molecule has 0 aliphatic carbocycles. The molecule has 25 heavy (non-hydrogen) atoms. The molecule has 0 rings (SSSR count). The minimum absolute atomic E-state index is 0. The van der Waals surface area contributed by atoms with Gasteiger partial charge in [0.25, 0.3) is 0 Å². The van der Waals surface area contributed by atoms with Crippen LogP contribution >= 0.6 is 24.4 Å². The fourth-order valence-electron chi connectivity index (χ4n) is 2.21. The van der Waals surface area contributed by atoms with Gasteiger partial charge >= 0.3 is 17.1 Å². The van der Waals surface area contributed by atoms with Crippen LogP contribution in [0.4, 0.5) is 0 Å². The van der Waals surface area contributed by atoms with Crippen LogP contribution in [0.2, 0.25) is 0 Å². The topological polar surface area (TPSA) is 6.48 Å². The van der Waals surface area contributed by atoms with Crippen molar-refractivity contribution in [3.8, 4) is 0 Å². The number of hydrogen-bond acceptors (Lipinski definition) is 4. The van der Waals surface area contributed by atoms with E-state index in [-0.39, 0.29) is 17.1 Å². The predicted octanol–water partition coefficient (Wildman–Crippen LogP) is 4.86. The van der Waals surface area contributed by atoms with Crippen LogP contribution in [0, 0.1) is 23.7 Å². The van der Waals surface area contributed by atoms with Gasteiger partial charge in [-0.15, -0.1) is 0 Å². The Bertz CT molecular complexity index is 307. The fraction of sp³-hybridized carbons (Fsp3) is 0.889. The molecule has 2 nitrogen and oxygen atoms in total. The molecule has 0 saturated heterocycles. The molecule has 0 N–H and O–H groups in total. The molecule has 0 aromatic heterocycles. The monoisotopic (exact) mass is 464 g/mol. The van der Waals surface area contributed by atoms with Crippen LogP contribution in [0.15, 0.2) is 0 Å². The number of rotatable bonds is 8. The second-order valence-electron chi connectivity index (χ2n) is 7.92. The first kappa shape index (κ1) is 30.5. The molecule has 0 spiro atoms. The van der Waals surface area contributed by atoms with Crippen molar-refractivity contribution in [2.45, 2.75) is 55.4 Å². The first-order valence-electron chi connectivity index (χ1n) is 8.78. The molecular formula is C18H36FeN2S4. The summed E-state index contributed by atoms with van der Waals surface area (Å²) in [5.74, 6) is 2.52. The molecule has 0 saturated carbocycles. The van der Waals surface area contributed by atoms with E-state index in [1.54, 1.807) is 0 Å². The van der Waals surface area contributed by atoms with E-state index in [0.29, 0.717) is 32.3 Å². The van der Waals surface area contributed by atoms with Gasteiger partial charge in [-0.3, -0.25) is 0 Å². The van der Waals surface area contributed by atoms with Gasteiger partial charge in [0.15, 0.2) is 0 Å². The third kappa shape index (κ3) is 20.9. The van der Waals surface area contributed by atoms with E-state index in [1.165, 1.54) is 0 Å². The summed E-state index contributed by atoms with van der Waals surface area (Å²) in [6.45, 7) is 21.4. The van der Waals surface area contributed by atoms with Crippen molar-refractivity contribution in [3.63, 3.8) is 0 Å². The van der Waals surface area contributed by atoms with E-state index in [2.05, 4.69) is 65.2 Å². The zero-order valence-electron chi connectivity index (χ0n) is 17.0. The van der Waals surface area contributed by atoms with Gasteiger partial charge in [-0.2, -0.15) is 0 Å². The molecule has 0 aromatic carbocycles. The maximum Gasteiger partial charge on any atom is 2.00 e. The standard InChI is InChI=1S/2C9H19NS2.Fe/c2*1-7(2)5-10(9(11)12)6-8(3)4;/h2*7-8H,5-6H2,1-4H3,(H,11,12);/q;;+2/p-2. The molecule has 150 valence electrons. The summed E-state index contributed by atoms with van der Waals surface area (Å²) in [4.78, 5) is 4.22. The average molecular weight is 465 g/mol. The van der Waals surface area contributed by atoms with Crippen molar-refractivity contribution >= 4 is 58.3 Å². The first-order chi connectivity index (χ1) is 10.9. The smallest absolute Gasteiger partial charge is 0.411 e. The molecule has 0 bridgehead atoms. The Morgan fingerprint density at radius 1 is 0.600 bits per heavy atom. The molecule has 0 unspecified atom stereocenters. The fourth-order valence-corrected chi connectivity index (χ4v) is 2.81. The number of hydrogen-bond donors (Lipinski definition) is 0. The van der Waals surface area contributed by atoms with Gasteiger partial charge in [-0.05, 0) is 23.7 Å². The van der Waals surface area contributed by atoms with Crippen molar-refractivity contribution in [1.82, 2.24) is 9.80 Å². The Morgan fingerprint density at radius 3 is 0.840 bits per heavy atom. The van der Waals surface area contributed by atoms with Crippen LogP contribution in [-0.4, -0.2) is 44.6 Å². The normalized spacial score (nSPS) is 10.4. The molecule has 0 aliphatic rings. The van der Waals surface area contributed by atoms with Crippen LogP contribution in [-0.2, 0) is 42.3 Å². The van der Waals surface area contributed by atoms with E-state index >= 15 is 0 Å². The molecular weight excluding hydrogens is 428 g/mol. The predicted molar refractivity (Wildman–Crippen MR) is 122 cm³/mol. The number of thiocarbonyl (C=S) groups is 2. The van der Waals surface area contributed by atoms with Crippen LogP contribution < -0.4 is 0 Å². The van der Waals surface area contributed by atoms with Gasteiger partial charge < -0.3 is 59.5 Å². The zero-order chi connectivity index (χ0) is 19.4. The van der Waals surface area contributed by atoms with E-state index in [1.807, 2.05) is 0 Å². The van der Waals surface area contributed by atoms with Gasteiger partial charge in [0.1, 0.15) is 0 Å². The maximum atomic E-state index is 4.99.